The Labute approximate surface area is 121 Å². The predicted molar refractivity (Wildman–Crippen MR) is 80.3 cm³/mol. The third kappa shape index (κ3) is 3.87. The molecule has 1 aliphatic rings. The fourth-order valence-electron chi connectivity index (χ4n) is 1.91. The lowest BCUT2D eigenvalue weighted by atomic mass is 10.1. The Balaban J connectivity index is 0.000000225. The third-order valence-corrected chi connectivity index (χ3v) is 2.96. The van der Waals surface area contributed by atoms with Crippen LogP contribution in [0.5, 0.6) is 0 Å². The maximum absolute atomic E-state index is 10.6. The smallest absolute Gasteiger partial charge is 0.320 e. The van der Waals surface area contributed by atoms with Crippen molar-refractivity contribution in [3.05, 3.63) is 48.2 Å². The van der Waals surface area contributed by atoms with Crippen molar-refractivity contribution in [1.82, 2.24) is 4.98 Å². The number of nitrogens with one attached hydrogen (secondary N) is 1. The zero-order chi connectivity index (χ0) is 15.2. The standard InChI is InChI=1S/C11H12N2O2.C4H3NO/c12-9(11(14)15)5-7-6-13-10-4-2-1-3-8(7)10;6-4-2-1-3-5-4/h1-4,6,9,13H,5,12H2,(H,14,15);1-3H. The number of carbonyl (C=O) groups is 2. The van der Waals surface area contributed by atoms with Gasteiger partial charge in [0.15, 0.2) is 0 Å². The Kier molecular flexibility index (Phi) is 4.63. The first-order valence-electron chi connectivity index (χ1n) is 6.36. The number of hydrogen-bond acceptors (Lipinski definition) is 3. The highest BCUT2D eigenvalue weighted by molar-refractivity contribution is 6.03. The molecule has 0 saturated carbocycles. The van der Waals surface area contributed by atoms with E-state index in [0.29, 0.717) is 6.42 Å². The van der Waals surface area contributed by atoms with Gasteiger partial charge >= 0.3 is 5.97 Å². The van der Waals surface area contributed by atoms with Gasteiger partial charge < -0.3 is 15.8 Å². The first kappa shape index (κ1) is 14.7. The van der Waals surface area contributed by atoms with Gasteiger partial charge in [-0.3, -0.25) is 9.59 Å². The first-order chi connectivity index (χ1) is 10.1. The zero-order valence-electron chi connectivity index (χ0n) is 11.2. The number of benzene rings is 1. The summed E-state index contributed by atoms with van der Waals surface area (Å²) in [4.78, 5) is 27.0. The van der Waals surface area contributed by atoms with Crippen molar-refractivity contribution in [2.45, 2.75) is 12.5 Å². The van der Waals surface area contributed by atoms with Crippen LogP contribution in [0, 0.1) is 0 Å². The number of carboxylic acid groups (broad SMARTS) is 1. The lowest BCUT2D eigenvalue weighted by Gasteiger charge is -2.04. The summed E-state index contributed by atoms with van der Waals surface area (Å²) in [5.74, 6) is -1.13. The molecular formula is C15H15N3O3. The highest BCUT2D eigenvalue weighted by Crippen LogP contribution is 2.18. The Hall–Kier alpha value is -2.73. The van der Waals surface area contributed by atoms with E-state index < -0.39 is 12.0 Å². The number of para-hydroxylation sites is 1. The third-order valence-electron chi connectivity index (χ3n) is 2.96. The van der Waals surface area contributed by atoms with Crippen LogP contribution in [0.1, 0.15) is 5.56 Å². The molecule has 0 bridgehead atoms. The fourth-order valence-corrected chi connectivity index (χ4v) is 1.91. The maximum Gasteiger partial charge on any atom is 0.320 e. The molecule has 1 aliphatic heterocycles. The van der Waals surface area contributed by atoms with Crippen LogP contribution in [0.15, 0.2) is 47.6 Å². The molecule has 1 atom stereocenters. The van der Waals surface area contributed by atoms with E-state index in [1.165, 1.54) is 12.3 Å². The normalized spacial score (nSPS) is 14.0. The fraction of sp³-hybridized carbons (Fsp3) is 0.133. The van der Waals surface area contributed by atoms with Crippen molar-refractivity contribution in [3.63, 3.8) is 0 Å². The molecule has 0 saturated heterocycles. The molecule has 6 heteroatoms. The van der Waals surface area contributed by atoms with Crippen molar-refractivity contribution in [2.24, 2.45) is 10.7 Å². The van der Waals surface area contributed by atoms with Gasteiger partial charge in [0.2, 0.25) is 0 Å². The van der Waals surface area contributed by atoms with Crippen molar-refractivity contribution >= 4 is 29.0 Å². The van der Waals surface area contributed by atoms with E-state index >= 15 is 0 Å². The summed E-state index contributed by atoms with van der Waals surface area (Å²) in [7, 11) is 0. The number of aromatic nitrogens is 1. The highest BCUT2D eigenvalue weighted by Gasteiger charge is 2.14. The second kappa shape index (κ2) is 6.62. The van der Waals surface area contributed by atoms with E-state index in [-0.39, 0.29) is 5.91 Å². The summed E-state index contributed by atoms with van der Waals surface area (Å²) in [5, 5.41) is 9.75. The molecule has 108 valence electrons. The summed E-state index contributed by atoms with van der Waals surface area (Å²) in [6.45, 7) is 0. The largest absolute Gasteiger partial charge is 0.480 e. The molecule has 1 aromatic heterocycles. The van der Waals surface area contributed by atoms with Crippen LogP contribution in [0.25, 0.3) is 10.9 Å². The van der Waals surface area contributed by atoms with Gasteiger partial charge in [-0.05, 0) is 17.7 Å². The van der Waals surface area contributed by atoms with Crippen molar-refractivity contribution in [2.75, 3.05) is 0 Å². The number of nitrogens with zero attached hydrogens (tertiary/aromatic N) is 1. The molecular weight excluding hydrogens is 270 g/mol. The van der Waals surface area contributed by atoms with Gasteiger partial charge in [-0.25, -0.2) is 4.99 Å². The van der Waals surface area contributed by atoms with Crippen LogP contribution in [-0.2, 0) is 16.0 Å². The van der Waals surface area contributed by atoms with Crippen LogP contribution in [0.4, 0.5) is 0 Å². The monoisotopic (exact) mass is 285 g/mol. The minimum absolute atomic E-state index is 0.157. The van der Waals surface area contributed by atoms with Gasteiger partial charge in [0.1, 0.15) is 6.04 Å². The molecule has 4 N–H and O–H groups in total. The van der Waals surface area contributed by atoms with Gasteiger partial charge in [-0.2, -0.15) is 0 Å². The Morgan fingerprint density at radius 3 is 2.71 bits per heavy atom. The molecule has 6 nitrogen and oxygen atoms in total. The second-order valence-electron chi connectivity index (χ2n) is 4.48. The summed E-state index contributed by atoms with van der Waals surface area (Å²) >= 11 is 0. The van der Waals surface area contributed by atoms with Gasteiger partial charge in [0.05, 0.1) is 0 Å². The zero-order valence-corrected chi connectivity index (χ0v) is 11.2. The highest BCUT2D eigenvalue weighted by atomic mass is 16.4. The van der Waals surface area contributed by atoms with Gasteiger partial charge in [0.25, 0.3) is 5.91 Å². The second-order valence-corrected chi connectivity index (χ2v) is 4.48. The average molecular weight is 285 g/mol. The van der Waals surface area contributed by atoms with Crippen LogP contribution in [-0.4, -0.2) is 34.2 Å². The molecule has 1 unspecified atom stereocenters. The van der Waals surface area contributed by atoms with Crippen LogP contribution in [0.2, 0.25) is 0 Å². The summed E-state index contributed by atoms with van der Waals surface area (Å²) in [6.07, 6.45) is 6.66. The summed E-state index contributed by atoms with van der Waals surface area (Å²) in [6, 6.07) is 6.91. The molecule has 0 radical (unpaired) electrons. The van der Waals surface area contributed by atoms with Crippen LogP contribution in [0.3, 0.4) is 0 Å². The quantitative estimate of drug-likeness (QED) is 0.789. The van der Waals surface area contributed by atoms with Crippen molar-refractivity contribution < 1.29 is 14.7 Å². The summed E-state index contributed by atoms with van der Waals surface area (Å²) < 4.78 is 0. The van der Waals surface area contributed by atoms with E-state index in [9.17, 15) is 9.59 Å². The van der Waals surface area contributed by atoms with Crippen LogP contribution < -0.4 is 5.73 Å². The Morgan fingerprint density at radius 2 is 2.14 bits per heavy atom. The lowest BCUT2D eigenvalue weighted by molar-refractivity contribution is -0.138. The minimum Gasteiger partial charge on any atom is -0.480 e. The Bertz CT molecular complexity index is 702. The number of carbonyl (C=O) groups excluding carboxylic acids is 1. The molecule has 2 aromatic rings. The number of H-pyrrole nitrogens is 1. The van der Waals surface area contributed by atoms with E-state index in [4.69, 9.17) is 10.8 Å². The summed E-state index contributed by atoms with van der Waals surface area (Å²) in [5.41, 5.74) is 7.43. The van der Waals surface area contributed by atoms with Gasteiger partial charge in [-0.1, -0.05) is 18.2 Å². The molecule has 1 amide bonds. The Morgan fingerprint density at radius 1 is 1.38 bits per heavy atom. The number of carboxylic acids is 1. The number of aliphatic carboxylic acids is 1. The SMILES string of the molecule is NC(Cc1c[nH]c2ccccc12)C(=O)O.O=C1C=CC=N1. The number of aliphatic imine (C=N–C) groups is 1. The number of nitrogens with two attached hydrogens (primary N) is 1. The van der Waals surface area contributed by atoms with Gasteiger partial charge in [-0.15, -0.1) is 0 Å². The predicted octanol–water partition coefficient (Wildman–Crippen LogP) is 1.28. The van der Waals surface area contributed by atoms with Crippen molar-refractivity contribution in [3.8, 4) is 0 Å². The molecule has 0 fully saturated rings. The van der Waals surface area contributed by atoms with E-state index in [2.05, 4.69) is 9.98 Å². The van der Waals surface area contributed by atoms with E-state index in [1.54, 1.807) is 6.08 Å². The molecule has 2 heterocycles. The number of hydrogen-bond donors (Lipinski definition) is 3. The molecule has 0 spiro atoms. The topological polar surface area (TPSA) is 109 Å². The number of aromatic amines is 1. The molecule has 1 aromatic carbocycles. The number of amides is 1. The van der Waals surface area contributed by atoms with Crippen molar-refractivity contribution in [1.29, 1.82) is 0 Å². The number of allylic oxidation sites excluding steroid dienone is 1. The average Bonchev–Trinajstić information content (AvgIpc) is 3.09. The lowest BCUT2D eigenvalue weighted by Crippen LogP contribution is -2.32. The number of fused-ring (bicyclic) bond motifs is 1. The van der Waals surface area contributed by atoms with E-state index in [1.807, 2.05) is 30.5 Å². The maximum atomic E-state index is 10.6. The van der Waals surface area contributed by atoms with Gasteiger partial charge in [0, 0.05) is 35.8 Å². The molecule has 3 rings (SSSR count). The number of rotatable bonds is 3. The van der Waals surface area contributed by atoms with Crippen LogP contribution >= 0.6 is 0 Å². The first-order valence-corrected chi connectivity index (χ1v) is 6.36. The minimum atomic E-state index is -0.972. The van der Waals surface area contributed by atoms with E-state index in [0.717, 1.165) is 16.5 Å². The molecule has 21 heavy (non-hydrogen) atoms. The molecule has 0 aliphatic carbocycles.